The number of anilines is 1. The van der Waals surface area contributed by atoms with E-state index in [-0.39, 0.29) is 18.3 Å². The molecule has 1 heterocycles. The SMILES string of the molecule is O=C(Nc1ccc(F)cc1)c1cnc(SCCO)nc1. The standard InChI is InChI=1S/C13H12FN3O2S/c14-10-1-3-11(4-2-10)17-12(19)9-7-15-13(16-8-9)20-6-5-18/h1-4,7-8,18H,5-6H2,(H,17,19). The van der Waals surface area contributed by atoms with Gasteiger partial charge in [-0.3, -0.25) is 4.79 Å². The van der Waals surface area contributed by atoms with Crippen molar-refractivity contribution in [1.29, 1.82) is 0 Å². The number of halogens is 1. The highest BCUT2D eigenvalue weighted by molar-refractivity contribution is 7.99. The van der Waals surface area contributed by atoms with Crippen molar-refractivity contribution in [1.82, 2.24) is 9.97 Å². The van der Waals surface area contributed by atoms with Gasteiger partial charge in [-0.2, -0.15) is 0 Å². The van der Waals surface area contributed by atoms with Crippen molar-refractivity contribution < 1.29 is 14.3 Å². The third kappa shape index (κ3) is 4.01. The molecule has 104 valence electrons. The predicted octanol–water partition coefficient (Wildman–Crippen LogP) is 1.95. The second-order valence-electron chi connectivity index (χ2n) is 3.79. The number of aliphatic hydroxyl groups is 1. The number of thioether (sulfide) groups is 1. The molecule has 7 heteroatoms. The monoisotopic (exact) mass is 293 g/mol. The summed E-state index contributed by atoms with van der Waals surface area (Å²) in [5, 5.41) is 11.8. The van der Waals surface area contributed by atoms with E-state index in [1.54, 1.807) is 0 Å². The van der Waals surface area contributed by atoms with Crippen molar-refractivity contribution in [2.45, 2.75) is 5.16 Å². The molecule has 0 bridgehead atoms. The minimum Gasteiger partial charge on any atom is -0.396 e. The zero-order chi connectivity index (χ0) is 14.4. The van der Waals surface area contributed by atoms with Crippen molar-refractivity contribution in [3.05, 3.63) is 48.0 Å². The van der Waals surface area contributed by atoms with Gasteiger partial charge in [0.05, 0.1) is 12.2 Å². The molecule has 0 fully saturated rings. The molecule has 0 radical (unpaired) electrons. The van der Waals surface area contributed by atoms with Crippen LogP contribution in [0.3, 0.4) is 0 Å². The lowest BCUT2D eigenvalue weighted by molar-refractivity contribution is 0.102. The Morgan fingerprint density at radius 1 is 1.25 bits per heavy atom. The van der Waals surface area contributed by atoms with Crippen molar-refractivity contribution in [3.63, 3.8) is 0 Å². The van der Waals surface area contributed by atoms with Crippen LogP contribution < -0.4 is 5.32 Å². The van der Waals surface area contributed by atoms with Gasteiger partial charge in [0.25, 0.3) is 5.91 Å². The second kappa shape index (κ2) is 6.97. The van der Waals surface area contributed by atoms with E-state index >= 15 is 0 Å². The Balaban J connectivity index is 2.00. The van der Waals surface area contributed by atoms with Crippen LogP contribution in [0.2, 0.25) is 0 Å². The zero-order valence-electron chi connectivity index (χ0n) is 10.4. The quantitative estimate of drug-likeness (QED) is 0.651. The van der Waals surface area contributed by atoms with Crippen LogP contribution in [0.5, 0.6) is 0 Å². The lowest BCUT2D eigenvalue weighted by atomic mass is 10.2. The van der Waals surface area contributed by atoms with Gasteiger partial charge in [0.1, 0.15) is 5.82 Å². The van der Waals surface area contributed by atoms with E-state index in [0.29, 0.717) is 22.2 Å². The molecule has 0 atom stereocenters. The van der Waals surface area contributed by atoms with Gasteiger partial charge < -0.3 is 10.4 Å². The number of nitrogens with one attached hydrogen (secondary N) is 1. The average molecular weight is 293 g/mol. The molecular formula is C13H12FN3O2S. The summed E-state index contributed by atoms with van der Waals surface area (Å²) in [6.07, 6.45) is 2.82. The summed E-state index contributed by atoms with van der Waals surface area (Å²) >= 11 is 1.30. The van der Waals surface area contributed by atoms with Crippen LogP contribution in [-0.2, 0) is 0 Å². The number of rotatable bonds is 5. The summed E-state index contributed by atoms with van der Waals surface area (Å²) in [5.41, 5.74) is 0.804. The molecule has 20 heavy (non-hydrogen) atoms. The minimum absolute atomic E-state index is 0.0425. The van der Waals surface area contributed by atoms with Crippen LogP contribution in [0.25, 0.3) is 0 Å². The van der Waals surface area contributed by atoms with Gasteiger partial charge in [0.15, 0.2) is 5.16 Å². The van der Waals surface area contributed by atoms with Crippen LogP contribution in [0.1, 0.15) is 10.4 Å². The minimum atomic E-state index is -0.365. The molecule has 0 saturated carbocycles. The average Bonchev–Trinajstić information content (AvgIpc) is 2.48. The lowest BCUT2D eigenvalue weighted by Crippen LogP contribution is -2.12. The number of hydrogen-bond donors (Lipinski definition) is 2. The summed E-state index contributed by atoms with van der Waals surface area (Å²) in [4.78, 5) is 19.9. The van der Waals surface area contributed by atoms with E-state index in [1.807, 2.05) is 0 Å². The Morgan fingerprint density at radius 3 is 2.50 bits per heavy atom. The van der Waals surface area contributed by atoms with E-state index in [0.717, 1.165) is 0 Å². The van der Waals surface area contributed by atoms with Gasteiger partial charge in [-0.15, -0.1) is 0 Å². The van der Waals surface area contributed by atoms with Crippen molar-refractivity contribution in [2.24, 2.45) is 0 Å². The number of hydrogen-bond acceptors (Lipinski definition) is 5. The zero-order valence-corrected chi connectivity index (χ0v) is 11.2. The first-order valence-electron chi connectivity index (χ1n) is 5.81. The van der Waals surface area contributed by atoms with Crippen LogP contribution in [0.4, 0.5) is 10.1 Å². The van der Waals surface area contributed by atoms with Gasteiger partial charge >= 0.3 is 0 Å². The van der Waals surface area contributed by atoms with Crippen molar-refractivity contribution >= 4 is 23.4 Å². The summed E-state index contributed by atoms with van der Waals surface area (Å²) in [5.74, 6) is -0.229. The molecule has 0 aliphatic rings. The van der Waals surface area contributed by atoms with Crippen LogP contribution in [0, 0.1) is 5.82 Å². The fraction of sp³-hybridized carbons (Fsp3) is 0.154. The number of nitrogens with zero attached hydrogens (tertiary/aromatic N) is 2. The molecule has 0 aliphatic carbocycles. The first-order valence-corrected chi connectivity index (χ1v) is 6.80. The molecule has 2 aromatic rings. The summed E-state index contributed by atoms with van der Waals surface area (Å²) in [6, 6.07) is 5.47. The van der Waals surface area contributed by atoms with E-state index in [2.05, 4.69) is 15.3 Å². The maximum absolute atomic E-state index is 12.7. The smallest absolute Gasteiger partial charge is 0.258 e. The molecule has 0 aliphatic heterocycles. The molecule has 5 nitrogen and oxygen atoms in total. The van der Waals surface area contributed by atoms with Gasteiger partial charge in [0.2, 0.25) is 0 Å². The normalized spacial score (nSPS) is 10.3. The molecule has 0 spiro atoms. The fourth-order valence-corrected chi connectivity index (χ4v) is 1.91. The largest absolute Gasteiger partial charge is 0.396 e. The van der Waals surface area contributed by atoms with Crippen molar-refractivity contribution in [2.75, 3.05) is 17.7 Å². The van der Waals surface area contributed by atoms with Gasteiger partial charge in [-0.25, -0.2) is 14.4 Å². The molecule has 0 unspecified atom stereocenters. The number of carbonyl (C=O) groups excluding carboxylic acids is 1. The van der Waals surface area contributed by atoms with Crippen LogP contribution in [-0.4, -0.2) is 33.3 Å². The Kier molecular flexibility index (Phi) is 5.03. The van der Waals surface area contributed by atoms with E-state index in [1.165, 1.54) is 48.4 Å². The highest BCUT2D eigenvalue weighted by Gasteiger charge is 2.08. The molecule has 2 N–H and O–H groups in total. The lowest BCUT2D eigenvalue weighted by Gasteiger charge is -2.05. The Hall–Kier alpha value is -1.99. The van der Waals surface area contributed by atoms with Crippen LogP contribution >= 0.6 is 11.8 Å². The highest BCUT2D eigenvalue weighted by Crippen LogP contribution is 2.13. The number of aromatic nitrogens is 2. The Bertz CT molecular complexity index is 575. The van der Waals surface area contributed by atoms with E-state index < -0.39 is 0 Å². The Labute approximate surface area is 119 Å². The predicted molar refractivity (Wildman–Crippen MR) is 74.2 cm³/mol. The first-order chi connectivity index (χ1) is 9.69. The van der Waals surface area contributed by atoms with Gasteiger partial charge in [-0.05, 0) is 24.3 Å². The molecule has 1 amide bonds. The van der Waals surface area contributed by atoms with Crippen LogP contribution in [0.15, 0.2) is 41.8 Å². The second-order valence-corrected chi connectivity index (χ2v) is 4.85. The topological polar surface area (TPSA) is 75.1 Å². The number of amides is 1. The number of benzene rings is 1. The third-order valence-corrected chi connectivity index (χ3v) is 3.17. The molecule has 1 aromatic heterocycles. The van der Waals surface area contributed by atoms with Gasteiger partial charge in [0, 0.05) is 23.8 Å². The summed E-state index contributed by atoms with van der Waals surface area (Å²) in [6.45, 7) is 0.0425. The molecule has 2 rings (SSSR count). The maximum atomic E-state index is 12.7. The molecular weight excluding hydrogens is 281 g/mol. The summed E-state index contributed by atoms with van der Waals surface area (Å²) < 4.78 is 12.7. The van der Waals surface area contributed by atoms with Crippen molar-refractivity contribution in [3.8, 4) is 0 Å². The highest BCUT2D eigenvalue weighted by atomic mass is 32.2. The molecule has 0 saturated heterocycles. The first kappa shape index (κ1) is 14.4. The number of carbonyl (C=O) groups is 1. The third-order valence-electron chi connectivity index (χ3n) is 2.31. The molecule has 1 aromatic carbocycles. The van der Waals surface area contributed by atoms with Gasteiger partial charge in [-0.1, -0.05) is 11.8 Å². The van der Waals surface area contributed by atoms with E-state index in [4.69, 9.17) is 5.11 Å². The van der Waals surface area contributed by atoms with E-state index in [9.17, 15) is 9.18 Å². The fourth-order valence-electron chi connectivity index (χ4n) is 1.38. The number of aliphatic hydroxyl groups excluding tert-OH is 1. The summed E-state index contributed by atoms with van der Waals surface area (Å²) in [7, 11) is 0. The Morgan fingerprint density at radius 2 is 1.90 bits per heavy atom. The maximum Gasteiger partial charge on any atom is 0.258 e.